The lowest BCUT2D eigenvalue weighted by Crippen LogP contribution is -2.63. The number of alkyl carbamates (subject to hydrolysis) is 1. The van der Waals surface area contributed by atoms with Gasteiger partial charge in [0.1, 0.15) is 94.8 Å². The first-order chi connectivity index (χ1) is 62.2. The van der Waals surface area contributed by atoms with E-state index in [0.29, 0.717) is 46.0 Å². The average molecular weight is 1910 g/mol. The van der Waals surface area contributed by atoms with Gasteiger partial charge in [-0.1, -0.05) is 146 Å². The summed E-state index contributed by atoms with van der Waals surface area (Å²) in [6.45, 7) is 8.42. The fraction of sp³-hybridized carbons (Fsp3) is 0.500. The number of aliphatic hydroxyl groups is 2. The van der Waals surface area contributed by atoms with E-state index in [9.17, 15) is 72.9 Å². The number of amides is 13. The Bertz CT molecular complexity index is 4980. The molecule has 5 heterocycles. The summed E-state index contributed by atoms with van der Waals surface area (Å²) < 4.78 is 29.6. The Labute approximate surface area is 779 Å². The summed E-state index contributed by atoms with van der Waals surface area (Å²) in [6, 6.07) is 9.90. The Hall–Kier alpha value is -10.7. The summed E-state index contributed by atoms with van der Waals surface area (Å²) in [5.74, 6) is -12.9. The van der Waals surface area contributed by atoms with Gasteiger partial charge in [0, 0.05) is 106 Å². The summed E-state index contributed by atoms with van der Waals surface area (Å²) >= 11 is 6.88. The molecule has 0 unspecified atom stereocenters. The number of fused-ring (bicyclic) bond motifs is 6. The number of carbonyl (C=O) groups excluding carboxylic acids is 14. The first-order valence-corrected chi connectivity index (χ1v) is 47.9. The van der Waals surface area contributed by atoms with Crippen molar-refractivity contribution < 1.29 is 106 Å². The molecule has 38 nitrogen and oxygen atoms in total. The van der Waals surface area contributed by atoms with Crippen LogP contribution in [0.5, 0.6) is 11.5 Å². The monoisotopic (exact) mass is 1910 g/mol. The number of primary amides is 1. The minimum atomic E-state index is -1.96. The average Bonchev–Trinajstić information content (AvgIpc) is 1.57. The first-order valence-electron chi connectivity index (χ1n) is 42.6. The summed E-state index contributed by atoms with van der Waals surface area (Å²) in [6.07, 6.45) is -0.514. The number of ether oxygens (including phenoxy) is 5. The Morgan fingerprint density at radius 2 is 1.49 bits per heavy atom. The Morgan fingerprint density at radius 3 is 2.17 bits per heavy atom. The van der Waals surface area contributed by atoms with Crippen molar-refractivity contribution in [3.63, 3.8) is 0 Å². The molecule has 0 aliphatic carbocycles. The molecule has 131 heavy (non-hydrogen) atoms. The Balaban J connectivity index is 0.884. The van der Waals surface area contributed by atoms with Gasteiger partial charge < -0.3 is 119 Å². The summed E-state index contributed by atoms with van der Waals surface area (Å²) in [5, 5.41) is 60.4. The number of nitrogens with two attached hydrogens (primary N) is 3. The highest BCUT2D eigenvalue weighted by molar-refractivity contribution is 8.77. The number of aliphatic hydroxyl groups excluding tert-OH is 1. The number of phenols is 1. The minimum absolute atomic E-state index is 0.0288. The molecule has 4 aliphatic heterocycles. The number of halogens is 1. The van der Waals surface area contributed by atoms with Crippen LogP contribution >= 0.6 is 54.8 Å². The number of H-pyrrole nitrogens is 1. The van der Waals surface area contributed by atoms with E-state index in [1.165, 1.54) is 71.3 Å². The SMILES string of the molecule is COc1cc2cc(c1Cl)N(C)C(=O)C[C@H](OC(=O)[C@H](C)N(C)C(=O)CCSSC[C@H](NC(C)=O)C(=O)NC[C@H](NC(=O)[C@@H]1CSSC[C@H](NC(=O)[C@H](N)Cc3ccccc3)C(=O)N[C@@H](Cc3ccc(O)cc3)C(=O)N[C@H](Cc3c[nH]c4ccccc34)C(=O)N[C@@H](CCCCN)C(=O)N[C@@H]([C@@H](C)O)C(=O)N1)C(N)=O)[C@]1(C)O[C@H]1[C@H](C)[C@@H]1C[C@@](O)(NC(=O)O1)[C@H](OC)/C=C/C=C(\C)C2. The number of unbranched alkanes of at least 4 members (excludes halogenated alkanes) is 1. The second-order valence-electron chi connectivity index (χ2n) is 32.8. The first kappa shape index (κ1) is 104. The van der Waals surface area contributed by atoms with Crippen LogP contribution in [0.3, 0.4) is 0 Å². The van der Waals surface area contributed by atoms with E-state index in [4.69, 9.17) is 52.5 Å². The van der Waals surface area contributed by atoms with E-state index < -0.39 is 210 Å². The van der Waals surface area contributed by atoms with Crippen LogP contribution in [0.15, 0.2) is 121 Å². The van der Waals surface area contributed by atoms with Gasteiger partial charge in [-0.05, 0) is 119 Å². The van der Waals surface area contributed by atoms with Gasteiger partial charge in [-0.25, -0.2) is 9.59 Å². The predicted molar refractivity (Wildman–Crippen MR) is 495 cm³/mol. The Kier molecular flexibility index (Phi) is 38.6. The van der Waals surface area contributed by atoms with Gasteiger partial charge in [-0.3, -0.25) is 62.9 Å². The third-order valence-electron chi connectivity index (χ3n) is 22.9. The molecule has 3 saturated heterocycles. The molecule has 1 aromatic heterocycles. The molecule has 4 bridgehead atoms. The van der Waals surface area contributed by atoms with Crippen LogP contribution in [-0.2, 0) is 107 Å². The smallest absolute Gasteiger partial charge is 0.409 e. The van der Waals surface area contributed by atoms with E-state index in [1.807, 2.05) is 6.92 Å². The normalized spacial score (nSPS) is 25.6. The number of phenolic OH excluding ortho intramolecular Hbond substituents is 1. The Morgan fingerprint density at radius 1 is 0.817 bits per heavy atom. The third kappa shape index (κ3) is 29.2. The molecule has 43 heteroatoms. The number of para-hydroxylation sites is 1. The third-order valence-corrected chi connectivity index (χ3v) is 28.1. The minimum Gasteiger partial charge on any atom is -0.508 e. The molecule has 3 fully saturated rings. The van der Waals surface area contributed by atoms with Gasteiger partial charge >= 0.3 is 12.1 Å². The molecule has 9 rings (SSSR count). The van der Waals surface area contributed by atoms with Crippen molar-refractivity contribution in [2.45, 2.75) is 208 Å². The second kappa shape index (κ2) is 48.6. The molecular formula is C88H117ClN16O22S4. The predicted octanol–water partition coefficient (Wildman–Crippen LogP) is 1.93. The van der Waals surface area contributed by atoms with Crippen molar-refractivity contribution in [3.05, 3.63) is 148 Å². The van der Waals surface area contributed by atoms with Crippen LogP contribution < -0.4 is 80.0 Å². The van der Waals surface area contributed by atoms with Gasteiger partial charge in [-0.2, -0.15) is 0 Å². The molecule has 0 spiro atoms. The largest absolute Gasteiger partial charge is 0.508 e. The van der Waals surface area contributed by atoms with Crippen molar-refractivity contribution >= 4 is 154 Å². The van der Waals surface area contributed by atoms with Crippen molar-refractivity contribution in [1.29, 1.82) is 0 Å². The van der Waals surface area contributed by atoms with E-state index in [0.717, 1.165) is 60.6 Å². The molecule has 20 N–H and O–H groups in total. The number of hydrogen-bond acceptors (Lipinski definition) is 28. The lowest BCUT2D eigenvalue weighted by molar-refractivity contribution is -0.162. The van der Waals surface area contributed by atoms with Crippen molar-refractivity contribution in [1.82, 2.24) is 63.1 Å². The molecule has 13 amide bonds. The number of nitrogens with zero attached hydrogens (tertiary/aromatic N) is 2. The van der Waals surface area contributed by atoms with Crippen LogP contribution in [-0.4, -0.2) is 275 Å². The van der Waals surface area contributed by atoms with Crippen molar-refractivity contribution in [2.75, 3.05) is 69.3 Å². The number of nitrogens with one attached hydrogen (secondary N) is 11. The van der Waals surface area contributed by atoms with E-state index >= 15 is 9.59 Å². The molecule has 4 aliphatic rings. The number of likely N-dealkylation sites (N-methyl/N-ethyl adjacent to an activating group) is 1. The molecule has 0 radical (unpaired) electrons. The van der Waals surface area contributed by atoms with Gasteiger partial charge in [-0.15, -0.1) is 0 Å². The number of esters is 1. The number of epoxide rings is 1. The lowest BCUT2D eigenvalue weighted by Gasteiger charge is -2.42. The highest BCUT2D eigenvalue weighted by atomic mass is 35.5. The van der Waals surface area contributed by atoms with Crippen molar-refractivity contribution in [3.8, 4) is 11.5 Å². The fourth-order valence-corrected chi connectivity index (χ4v) is 19.9. The maximum atomic E-state index is 15.1. The maximum Gasteiger partial charge on any atom is 0.409 e. The topological polar surface area (TPSA) is 570 Å². The number of aromatic hydroxyl groups is 1. The van der Waals surface area contributed by atoms with Crippen molar-refractivity contribution in [2.24, 2.45) is 23.1 Å². The summed E-state index contributed by atoms with van der Waals surface area (Å²) in [7, 11) is 9.63. The fourth-order valence-electron chi connectivity index (χ4n) is 15.1. The van der Waals surface area contributed by atoms with Gasteiger partial charge in [0.15, 0.2) is 5.72 Å². The molecular weight excluding hydrogens is 1800 g/mol. The van der Waals surface area contributed by atoms with Gasteiger partial charge in [0.25, 0.3) is 0 Å². The highest BCUT2D eigenvalue weighted by Gasteiger charge is 2.65. The maximum absolute atomic E-state index is 15.1. The van der Waals surface area contributed by atoms with Gasteiger partial charge in [0.2, 0.25) is 70.9 Å². The number of anilines is 1. The number of hydrogen-bond donors (Lipinski definition) is 17. The zero-order valence-corrected chi connectivity index (χ0v) is 78.3. The summed E-state index contributed by atoms with van der Waals surface area (Å²) in [4.78, 5) is 205. The zero-order chi connectivity index (χ0) is 95.7. The zero-order valence-electron chi connectivity index (χ0n) is 74.3. The second-order valence-corrected chi connectivity index (χ2v) is 38.4. The molecule has 712 valence electrons. The van der Waals surface area contributed by atoms with Crippen LogP contribution in [0, 0.1) is 5.92 Å². The standard InChI is InChI=1S/C88H117ClN16O22S4/c1-46-19-18-25-69(124-10)88(122)40-68(125-86(121)103-88)47(2)75-87(6,127-75)70(39-72(110)105(8)66-36-53(33-46)37-67(123-9)73(66)89)126-85(120)48(3)104(7)71(109)30-32-128-129-43-63(95-50(5)107)78(113)94-42-62(76(92)111)99-83(118)65-45-131-130-44-64(100-77(112)57(91)34-51-20-12-11-13-21-51)82(117)97-60(35-52-26-28-55(108)29-27-52)80(115)98-61(38-54-41-93-58-23-15-14-22-56(54)58)81(116)96-59(24-16-17-31-90)79(114)102-74(49(4)106)84(119)101-65/h11-15,18-23,25-29,36-37,41,47-49,57,59-65,68-70,74-75,93,106,108,122H,16-17,24,30-35,38-40,42-45,90-91H2,1-10H3,(H2,92,111)(H,94,113)(H,95,107)(H,96,116)(H,97,117)(H,98,115)(H,99,118)(H,100,112)(H,101,119)(H,102,114)(H,103,121)/b25-18+,46-19+/t47-,48+,49-,57-,59+,60+,61-,62+,63+,64+,65+,68+,69-,70+,74+,75+,87+,88+/m1/s1. The van der Waals surface area contributed by atoms with E-state index in [1.54, 1.807) is 105 Å². The summed E-state index contributed by atoms with van der Waals surface area (Å²) in [5.41, 5.74) is 19.1. The van der Waals surface area contributed by atoms with E-state index in [2.05, 4.69) is 58.2 Å². The number of methoxy groups -OCH3 is 2. The number of allylic oxidation sites excluding steroid dienone is 3. The van der Waals surface area contributed by atoms with Crippen LogP contribution in [0.25, 0.3) is 10.9 Å². The number of aromatic amines is 1. The van der Waals surface area contributed by atoms with Crippen LogP contribution in [0.2, 0.25) is 5.02 Å². The quantitative estimate of drug-likeness (QED) is 0.0130. The van der Waals surface area contributed by atoms with Crippen LogP contribution in [0.4, 0.5) is 10.5 Å². The van der Waals surface area contributed by atoms with Crippen LogP contribution in [0.1, 0.15) is 102 Å². The number of carbonyl (C=O) groups is 14. The number of rotatable bonds is 31. The van der Waals surface area contributed by atoms with Gasteiger partial charge in [0.05, 0.1) is 37.5 Å². The molecule has 18 atom stereocenters. The molecule has 5 aromatic rings. The molecule has 4 aromatic carbocycles. The molecule has 0 saturated carbocycles. The highest BCUT2D eigenvalue weighted by Crippen LogP contribution is 2.50. The number of benzene rings is 4. The number of aromatic nitrogens is 1. The lowest BCUT2D eigenvalue weighted by atomic mass is 9.83. The van der Waals surface area contributed by atoms with E-state index in [-0.39, 0.29) is 91.0 Å².